The minimum atomic E-state index is -0.583. The lowest BCUT2D eigenvalue weighted by atomic mass is 10.1. The molecule has 0 spiro atoms. The van der Waals surface area contributed by atoms with Crippen LogP contribution in [0.5, 0.6) is 5.75 Å². The Kier molecular flexibility index (Phi) is 7.30. The summed E-state index contributed by atoms with van der Waals surface area (Å²) in [4.78, 5) is 12.6. The van der Waals surface area contributed by atoms with Gasteiger partial charge in [0.15, 0.2) is 0 Å². The first-order valence-corrected chi connectivity index (χ1v) is 9.97. The molecule has 0 bridgehead atoms. The first-order valence-electron chi connectivity index (χ1n) is 9.22. The third-order valence-corrected chi connectivity index (χ3v) is 4.75. The van der Waals surface area contributed by atoms with Crippen LogP contribution >= 0.6 is 23.2 Å². The topological polar surface area (TPSA) is 62.1 Å². The third-order valence-electron chi connectivity index (χ3n) is 4.25. The van der Waals surface area contributed by atoms with Crippen LogP contribution in [0.2, 0.25) is 10.0 Å². The molecule has 3 aromatic rings. The van der Waals surface area contributed by atoms with Crippen molar-refractivity contribution >= 4 is 40.9 Å². The van der Waals surface area contributed by atoms with Crippen LogP contribution in [0, 0.1) is 24.1 Å². The zero-order valence-corrected chi connectivity index (χ0v) is 18.0. The number of carbonyl (C=O) groups excluding carboxylic acids is 1. The van der Waals surface area contributed by atoms with E-state index < -0.39 is 5.91 Å². The Hall–Kier alpha value is -3.33. The Bertz CT molecular complexity index is 1200. The highest BCUT2D eigenvalue weighted by Gasteiger charge is 2.15. The fourth-order valence-corrected chi connectivity index (χ4v) is 3.41. The van der Waals surface area contributed by atoms with Gasteiger partial charge < -0.3 is 10.1 Å². The molecule has 0 aliphatic heterocycles. The van der Waals surface area contributed by atoms with Crippen molar-refractivity contribution < 1.29 is 13.9 Å². The van der Waals surface area contributed by atoms with Gasteiger partial charge in [0.05, 0.1) is 5.02 Å². The van der Waals surface area contributed by atoms with Gasteiger partial charge in [0, 0.05) is 16.3 Å². The van der Waals surface area contributed by atoms with Crippen LogP contribution in [0.4, 0.5) is 10.1 Å². The second kappa shape index (κ2) is 10.1. The Morgan fingerprint density at radius 3 is 2.65 bits per heavy atom. The molecular formula is C24H17Cl2FN2O2. The Balaban J connectivity index is 1.89. The number of amides is 1. The van der Waals surface area contributed by atoms with E-state index in [2.05, 4.69) is 5.32 Å². The number of halogens is 3. The molecule has 0 atom stereocenters. The van der Waals surface area contributed by atoms with Crippen LogP contribution < -0.4 is 10.1 Å². The Morgan fingerprint density at radius 1 is 1.16 bits per heavy atom. The number of nitrogens with zero attached hydrogens (tertiary/aromatic N) is 1. The number of rotatable bonds is 6. The lowest BCUT2D eigenvalue weighted by Crippen LogP contribution is -2.13. The molecule has 3 aromatic carbocycles. The van der Waals surface area contributed by atoms with Crippen LogP contribution in [-0.4, -0.2) is 5.91 Å². The van der Waals surface area contributed by atoms with E-state index >= 15 is 0 Å². The minimum absolute atomic E-state index is 0.0390. The van der Waals surface area contributed by atoms with Gasteiger partial charge in [-0.25, -0.2) is 4.39 Å². The summed E-state index contributed by atoms with van der Waals surface area (Å²) in [5.41, 5.74) is 2.33. The van der Waals surface area contributed by atoms with E-state index in [0.29, 0.717) is 21.8 Å². The number of hydrogen-bond donors (Lipinski definition) is 1. The van der Waals surface area contributed by atoms with Gasteiger partial charge in [-0.15, -0.1) is 0 Å². The second-order valence-electron chi connectivity index (χ2n) is 6.72. The summed E-state index contributed by atoms with van der Waals surface area (Å²) in [5.74, 6) is -0.741. The highest BCUT2D eigenvalue weighted by molar-refractivity contribution is 6.36. The van der Waals surface area contributed by atoms with E-state index in [9.17, 15) is 14.4 Å². The molecule has 3 rings (SSSR count). The van der Waals surface area contributed by atoms with Crippen molar-refractivity contribution in [2.75, 3.05) is 5.32 Å². The molecule has 0 radical (unpaired) electrons. The predicted octanol–water partition coefficient (Wildman–Crippen LogP) is 6.57. The minimum Gasteiger partial charge on any atom is -0.487 e. The number of nitrogens with one attached hydrogen (secondary N) is 1. The van der Waals surface area contributed by atoms with E-state index in [0.717, 1.165) is 5.56 Å². The average molecular weight is 455 g/mol. The molecule has 0 saturated heterocycles. The Labute approximate surface area is 189 Å². The molecule has 0 aliphatic rings. The van der Waals surface area contributed by atoms with Crippen molar-refractivity contribution in [1.29, 1.82) is 5.26 Å². The summed E-state index contributed by atoms with van der Waals surface area (Å²) in [6.07, 6.45) is 1.35. The van der Waals surface area contributed by atoms with Gasteiger partial charge in [-0.2, -0.15) is 5.26 Å². The molecular weight excluding hydrogens is 438 g/mol. The summed E-state index contributed by atoms with van der Waals surface area (Å²) in [5, 5.41) is 12.7. The largest absolute Gasteiger partial charge is 0.487 e. The van der Waals surface area contributed by atoms with E-state index in [4.69, 9.17) is 27.9 Å². The first kappa shape index (κ1) is 22.4. The van der Waals surface area contributed by atoms with Crippen molar-refractivity contribution in [3.05, 3.63) is 98.8 Å². The maximum atomic E-state index is 13.4. The van der Waals surface area contributed by atoms with Gasteiger partial charge >= 0.3 is 0 Å². The number of carbonyl (C=O) groups is 1. The van der Waals surface area contributed by atoms with Crippen LogP contribution in [-0.2, 0) is 11.4 Å². The number of hydrogen-bond acceptors (Lipinski definition) is 3. The third kappa shape index (κ3) is 6.08. The molecule has 4 nitrogen and oxygen atoms in total. The molecule has 0 heterocycles. The van der Waals surface area contributed by atoms with Gasteiger partial charge in [-0.1, -0.05) is 47.5 Å². The smallest absolute Gasteiger partial charge is 0.266 e. The van der Waals surface area contributed by atoms with Gasteiger partial charge in [-0.3, -0.25) is 4.79 Å². The zero-order valence-electron chi connectivity index (χ0n) is 16.5. The molecule has 1 amide bonds. The number of aryl methyl sites for hydroxylation is 1. The van der Waals surface area contributed by atoms with Gasteiger partial charge in [-0.05, 0) is 60.5 Å². The average Bonchev–Trinajstić information content (AvgIpc) is 2.71. The van der Waals surface area contributed by atoms with Crippen molar-refractivity contribution in [3.63, 3.8) is 0 Å². The zero-order chi connectivity index (χ0) is 22.4. The standard InChI is InChI=1S/C24H17Cl2FN2O2/c1-15-4-2-7-21(8-15)29-24(30)18(13-28)10-17-11-19(25)12-22(26)23(17)31-14-16-5-3-6-20(27)9-16/h2-12H,14H2,1H3,(H,29,30)/b18-10+. The number of anilines is 1. The molecule has 0 fully saturated rings. The van der Waals surface area contributed by atoms with E-state index in [1.165, 1.54) is 30.3 Å². The highest BCUT2D eigenvalue weighted by atomic mass is 35.5. The van der Waals surface area contributed by atoms with E-state index in [1.807, 2.05) is 19.1 Å². The van der Waals surface area contributed by atoms with Crippen molar-refractivity contribution in [2.24, 2.45) is 0 Å². The van der Waals surface area contributed by atoms with Crippen molar-refractivity contribution in [3.8, 4) is 11.8 Å². The maximum Gasteiger partial charge on any atom is 0.266 e. The monoisotopic (exact) mass is 454 g/mol. The molecule has 7 heteroatoms. The molecule has 0 saturated carbocycles. The van der Waals surface area contributed by atoms with Crippen molar-refractivity contribution in [1.82, 2.24) is 0 Å². The van der Waals surface area contributed by atoms with Gasteiger partial charge in [0.2, 0.25) is 0 Å². The normalized spacial score (nSPS) is 11.0. The number of nitriles is 1. The lowest BCUT2D eigenvalue weighted by molar-refractivity contribution is -0.112. The highest BCUT2D eigenvalue weighted by Crippen LogP contribution is 2.34. The second-order valence-corrected chi connectivity index (χ2v) is 7.56. The molecule has 1 N–H and O–H groups in total. The number of benzene rings is 3. The van der Waals surface area contributed by atoms with Crippen LogP contribution in [0.15, 0.2) is 66.2 Å². The van der Waals surface area contributed by atoms with E-state index in [-0.39, 0.29) is 28.8 Å². The summed E-state index contributed by atoms with van der Waals surface area (Å²) >= 11 is 12.4. The van der Waals surface area contributed by atoms with Crippen LogP contribution in [0.25, 0.3) is 6.08 Å². The Morgan fingerprint density at radius 2 is 1.94 bits per heavy atom. The summed E-state index contributed by atoms with van der Waals surface area (Å²) in [6.45, 7) is 1.93. The number of ether oxygens (including phenoxy) is 1. The van der Waals surface area contributed by atoms with Crippen molar-refractivity contribution in [2.45, 2.75) is 13.5 Å². The predicted molar refractivity (Wildman–Crippen MR) is 121 cm³/mol. The summed E-state index contributed by atoms with van der Waals surface area (Å²) in [7, 11) is 0. The molecule has 156 valence electrons. The van der Waals surface area contributed by atoms with Crippen LogP contribution in [0.3, 0.4) is 0 Å². The van der Waals surface area contributed by atoms with Gasteiger partial charge in [0.25, 0.3) is 5.91 Å². The summed E-state index contributed by atoms with van der Waals surface area (Å²) in [6, 6.07) is 18.1. The SMILES string of the molecule is Cc1cccc(NC(=O)/C(C#N)=C/c2cc(Cl)cc(Cl)c2OCc2cccc(F)c2)c1. The molecule has 0 aromatic heterocycles. The van der Waals surface area contributed by atoms with Crippen LogP contribution in [0.1, 0.15) is 16.7 Å². The fourth-order valence-electron chi connectivity index (χ4n) is 2.85. The lowest BCUT2D eigenvalue weighted by Gasteiger charge is -2.13. The fraction of sp³-hybridized carbons (Fsp3) is 0.0833. The molecule has 31 heavy (non-hydrogen) atoms. The maximum absolute atomic E-state index is 13.4. The van der Waals surface area contributed by atoms with Gasteiger partial charge in [0.1, 0.15) is 29.8 Å². The quantitative estimate of drug-likeness (QED) is 0.338. The summed E-state index contributed by atoms with van der Waals surface area (Å²) < 4.78 is 19.2. The first-order chi connectivity index (χ1) is 14.9. The molecule has 0 aliphatic carbocycles. The van der Waals surface area contributed by atoms with E-state index in [1.54, 1.807) is 30.3 Å². The molecule has 0 unspecified atom stereocenters.